The molecule has 0 atom stereocenters. The van der Waals surface area contributed by atoms with E-state index in [1.54, 1.807) is 18.0 Å². The first-order valence-electron chi connectivity index (χ1n) is 8.49. The summed E-state index contributed by atoms with van der Waals surface area (Å²) in [6.45, 7) is 0.317. The summed E-state index contributed by atoms with van der Waals surface area (Å²) in [4.78, 5) is 18.3. The Morgan fingerprint density at radius 2 is 1.78 bits per heavy atom. The molecule has 27 heavy (non-hydrogen) atoms. The summed E-state index contributed by atoms with van der Waals surface area (Å²) >= 11 is 5.30. The zero-order chi connectivity index (χ0) is 19.0. The van der Waals surface area contributed by atoms with Crippen LogP contribution in [0.15, 0.2) is 65.7 Å². The number of nitrogens with one attached hydrogen (secondary N) is 1. The molecule has 3 aromatic carbocycles. The van der Waals surface area contributed by atoms with Crippen molar-refractivity contribution in [3.05, 3.63) is 71.8 Å². The number of benzene rings is 3. The maximum Gasteiger partial charge on any atom is 0.277 e. The van der Waals surface area contributed by atoms with Gasteiger partial charge in [0.2, 0.25) is 0 Å². The molecule has 0 saturated heterocycles. The molecule has 0 saturated carbocycles. The third-order valence-corrected chi connectivity index (χ3v) is 4.85. The second kappa shape index (κ2) is 6.81. The number of aliphatic imine (C=N–C) groups is 1. The van der Waals surface area contributed by atoms with Gasteiger partial charge in [0.05, 0.1) is 5.69 Å². The van der Waals surface area contributed by atoms with Crippen molar-refractivity contribution in [2.45, 2.75) is 6.54 Å². The highest BCUT2D eigenvalue weighted by Gasteiger charge is 2.31. The molecule has 0 aliphatic carbocycles. The van der Waals surface area contributed by atoms with E-state index < -0.39 is 0 Å². The summed E-state index contributed by atoms with van der Waals surface area (Å²) in [5.74, 6) is 0.00702. The molecule has 1 aliphatic rings. The van der Waals surface area contributed by atoms with Gasteiger partial charge in [-0.2, -0.15) is 0 Å². The van der Waals surface area contributed by atoms with Gasteiger partial charge in [-0.3, -0.25) is 4.79 Å². The number of amides is 1. The van der Waals surface area contributed by atoms with Crippen LogP contribution >= 0.6 is 12.2 Å². The van der Waals surface area contributed by atoms with Gasteiger partial charge >= 0.3 is 0 Å². The topological polar surface area (TPSA) is 64.9 Å². The molecule has 2 N–H and O–H groups in total. The number of rotatable bonds is 2. The van der Waals surface area contributed by atoms with Crippen LogP contribution in [0.2, 0.25) is 0 Å². The van der Waals surface area contributed by atoms with Gasteiger partial charge in [0.15, 0.2) is 5.11 Å². The van der Waals surface area contributed by atoms with Gasteiger partial charge in [0.25, 0.3) is 5.91 Å². The normalized spacial score (nSPS) is 14.6. The van der Waals surface area contributed by atoms with Gasteiger partial charge in [0, 0.05) is 24.7 Å². The minimum absolute atomic E-state index is 0.186. The zero-order valence-corrected chi connectivity index (χ0v) is 15.5. The molecular formula is C21H17N3O2S. The average Bonchev–Trinajstić information content (AvgIpc) is 2.91. The molecule has 0 radical (unpaired) electrons. The SMILES string of the molecule is CN1C(=O)C(=NC(=S)NCc2cc3ccccc3cc2O)c2ccccc21. The molecule has 0 aromatic heterocycles. The standard InChI is InChI=1S/C21H17N3O2S/c1-24-17-9-5-4-8-16(17)19(20(24)26)23-21(27)22-12-15-10-13-6-2-3-7-14(13)11-18(15)25/h2-11,25H,12H2,1H3,(H,22,27). The van der Waals surface area contributed by atoms with Crippen molar-refractivity contribution in [2.24, 2.45) is 4.99 Å². The Morgan fingerprint density at radius 3 is 2.56 bits per heavy atom. The van der Waals surface area contributed by atoms with Crippen LogP contribution in [0.1, 0.15) is 11.1 Å². The number of hydrogen-bond acceptors (Lipinski definition) is 3. The lowest BCUT2D eigenvalue weighted by Crippen LogP contribution is -2.28. The molecule has 0 spiro atoms. The number of phenolic OH excluding ortho intramolecular Hbond substituents is 1. The predicted molar refractivity (Wildman–Crippen MR) is 111 cm³/mol. The molecule has 0 bridgehead atoms. The van der Waals surface area contributed by atoms with Crippen molar-refractivity contribution < 1.29 is 9.90 Å². The molecule has 3 aromatic rings. The van der Waals surface area contributed by atoms with Crippen LogP contribution in [0.4, 0.5) is 5.69 Å². The Hall–Kier alpha value is -3.25. The molecule has 0 fully saturated rings. The molecule has 1 heterocycles. The summed E-state index contributed by atoms with van der Waals surface area (Å²) in [7, 11) is 1.72. The van der Waals surface area contributed by atoms with Gasteiger partial charge in [-0.15, -0.1) is 0 Å². The molecule has 134 valence electrons. The minimum Gasteiger partial charge on any atom is -0.508 e. The lowest BCUT2D eigenvalue weighted by molar-refractivity contribution is -0.111. The summed E-state index contributed by atoms with van der Waals surface area (Å²) < 4.78 is 0. The monoisotopic (exact) mass is 375 g/mol. The van der Waals surface area contributed by atoms with E-state index in [0.29, 0.717) is 17.8 Å². The van der Waals surface area contributed by atoms with E-state index in [4.69, 9.17) is 12.2 Å². The van der Waals surface area contributed by atoms with Crippen molar-refractivity contribution in [1.82, 2.24) is 5.32 Å². The van der Waals surface area contributed by atoms with E-state index >= 15 is 0 Å². The first-order chi connectivity index (χ1) is 13.0. The number of hydrogen-bond donors (Lipinski definition) is 2. The second-order valence-electron chi connectivity index (χ2n) is 6.33. The Morgan fingerprint density at radius 1 is 1.11 bits per heavy atom. The minimum atomic E-state index is -0.186. The summed E-state index contributed by atoms with van der Waals surface area (Å²) in [6.07, 6.45) is 0. The first-order valence-corrected chi connectivity index (χ1v) is 8.90. The largest absolute Gasteiger partial charge is 0.508 e. The molecule has 1 aliphatic heterocycles. The Kier molecular flexibility index (Phi) is 4.33. The van der Waals surface area contributed by atoms with Gasteiger partial charge < -0.3 is 15.3 Å². The number of anilines is 1. The zero-order valence-electron chi connectivity index (χ0n) is 14.6. The van der Waals surface area contributed by atoms with E-state index in [1.807, 2.05) is 54.6 Å². The number of carbonyl (C=O) groups is 1. The smallest absolute Gasteiger partial charge is 0.277 e. The highest BCUT2D eigenvalue weighted by Crippen LogP contribution is 2.28. The lowest BCUT2D eigenvalue weighted by Gasteiger charge is -2.09. The quantitative estimate of drug-likeness (QED) is 0.674. The van der Waals surface area contributed by atoms with Crippen molar-refractivity contribution in [2.75, 3.05) is 11.9 Å². The molecule has 4 rings (SSSR count). The van der Waals surface area contributed by atoms with Crippen molar-refractivity contribution in [1.29, 1.82) is 0 Å². The first kappa shape index (κ1) is 17.2. The van der Waals surface area contributed by atoms with E-state index in [2.05, 4.69) is 10.3 Å². The van der Waals surface area contributed by atoms with E-state index in [1.165, 1.54) is 0 Å². The Labute approximate surface area is 162 Å². The highest BCUT2D eigenvalue weighted by atomic mass is 32.1. The maximum absolute atomic E-state index is 12.4. The maximum atomic E-state index is 12.4. The third-order valence-electron chi connectivity index (χ3n) is 4.62. The van der Waals surface area contributed by atoms with Gasteiger partial charge in [-0.25, -0.2) is 4.99 Å². The van der Waals surface area contributed by atoms with Crippen LogP contribution in [0, 0.1) is 0 Å². The Bertz CT molecular complexity index is 1110. The average molecular weight is 375 g/mol. The van der Waals surface area contributed by atoms with Gasteiger partial charge in [-0.05, 0) is 41.2 Å². The number of carbonyl (C=O) groups excluding carboxylic acids is 1. The van der Waals surface area contributed by atoms with Gasteiger partial charge in [-0.1, -0.05) is 42.5 Å². The summed E-state index contributed by atoms with van der Waals surface area (Å²) in [5, 5.41) is 15.5. The van der Waals surface area contributed by atoms with Crippen LogP contribution in [0.5, 0.6) is 5.75 Å². The molecule has 0 unspecified atom stereocenters. The number of thiocarbonyl (C=S) groups is 1. The molecule has 1 amide bonds. The van der Waals surface area contributed by atoms with Crippen LogP contribution in [0.3, 0.4) is 0 Å². The van der Waals surface area contributed by atoms with Crippen LogP contribution in [-0.2, 0) is 11.3 Å². The fourth-order valence-corrected chi connectivity index (χ4v) is 3.35. The van der Waals surface area contributed by atoms with Gasteiger partial charge in [0.1, 0.15) is 11.5 Å². The van der Waals surface area contributed by atoms with Crippen molar-refractivity contribution >= 4 is 45.4 Å². The van der Waals surface area contributed by atoms with Crippen LogP contribution in [-0.4, -0.2) is 28.9 Å². The number of fused-ring (bicyclic) bond motifs is 2. The van der Waals surface area contributed by atoms with E-state index in [9.17, 15) is 9.90 Å². The number of aromatic hydroxyl groups is 1. The molecule has 6 heteroatoms. The molecule has 5 nitrogen and oxygen atoms in total. The number of phenols is 1. The third kappa shape index (κ3) is 3.15. The highest BCUT2D eigenvalue weighted by molar-refractivity contribution is 7.80. The number of nitrogens with zero attached hydrogens (tertiary/aromatic N) is 2. The summed E-state index contributed by atoms with van der Waals surface area (Å²) in [6, 6.07) is 18.9. The second-order valence-corrected chi connectivity index (χ2v) is 6.72. The van der Waals surface area contributed by atoms with E-state index in [0.717, 1.165) is 22.0 Å². The van der Waals surface area contributed by atoms with Crippen LogP contribution in [0.25, 0.3) is 10.8 Å². The number of likely N-dealkylation sites (N-methyl/N-ethyl adjacent to an activating group) is 1. The fourth-order valence-electron chi connectivity index (χ4n) is 3.19. The van der Waals surface area contributed by atoms with Crippen molar-refractivity contribution in [3.63, 3.8) is 0 Å². The number of para-hydroxylation sites is 1. The fraction of sp³-hybridized carbons (Fsp3) is 0.0952. The summed E-state index contributed by atoms with van der Waals surface area (Å²) in [5.41, 5.74) is 2.62. The van der Waals surface area contributed by atoms with E-state index in [-0.39, 0.29) is 16.8 Å². The lowest BCUT2D eigenvalue weighted by atomic mass is 10.1. The predicted octanol–water partition coefficient (Wildman–Crippen LogP) is 3.39. The van der Waals surface area contributed by atoms with Crippen molar-refractivity contribution in [3.8, 4) is 5.75 Å². The Balaban J connectivity index is 1.55. The van der Waals surface area contributed by atoms with Crippen LogP contribution < -0.4 is 10.2 Å². The molecular weight excluding hydrogens is 358 g/mol.